The molecule has 2 aromatic carbocycles. The van der Waals surface area contributed by atoms with E-state index in [0.29, 0.717) is 13.2 Å². The Balaban J connectivity index is 1.63. The number of para-hydroxylation sites is 1. The zero-order valence-corrected chi connectivity index (χ0v) is 15.3. The monoisotopic (exact) mass is 353 g/mol. The van der Waals surface area contributed by atoms with Gasteiger partial charge in [-0.15, -0.1) is 0 Å². The van der Waals surface area contributed by atoms with E-state index in [-0.39, 0.29) is 5.92 Å². The Morgan fingerprint density at radius 2 is 1.80 bits per heavy atom. The van der Waals surface area contributed by atoms with Gasteiger partial charge in [-0.3, -0.25) is 0 Å². The molecule has 3 rings (SSSR count). The van der Waals surface area contributed by atoms with Gasteiger partial charge in [0.2, 0.25) is 0 Å². The molecule has 2 aromatic rings. The summed E-state index contributed by atoms with van der Waals surface area (Å²) in [5, 5.41) is 2.42. The van der Waals surface area contributed by atoms with Crippen molar-refractivity contribution in [2.75, 3.05) is 13.2 Å². The van der Waals surface area contributed by atoms with E-state index in [1.165, 1.54) is 24.0 Å². The number of hydrogen-bond donors (Lipinski definition) is 0. The Kier molecular flexibility index (Phi) is 6.48. The molecule has 0 N–H and O–H groups in total. The van der Waals surface area contributed by atoms with Crippen molar-refractivity contribution in [1.29, 1.82) is 0 Å². The zero-order chi connectivity index (χ0) is 17.5. The molecule has 0 aliphatic carbocycles. The molecule has 0 bridgehead atoms. The Morgan fingerprint density at radius 1 is 1.08 bits per heavy atom. The third kappa shape index (κ3) is 4.62. The lowest BCUT2D eigenvalue weighted by molar-refractivity contribution is -0.191. The maximum atomic E-state index is 5.97. The molecule has 0 amide bonds. The second-order valence-corrected chi connectivity index (χ2v) is 6.49. The van der Waals surface area contributed by atoms with Gasteiger partial charge in [0.05, 0.1) is 24.1 Å². The highest BCUT2D eigenvalue weighted by Gasteiger charge is 2.26. The van der Waals surface area contributed by atoms with E-state index < -0.39 is 6.29 Å². The third-order valence-corrected chi connectivity index (χ3v) is 4.62. The number of ether oxygens (including phenoxy) is 2. The predicted octanol–water partition coefficient (Wildman–Crippen LogP) is 5.59. The van der Waals surface area contributed by atoms with Gasteiger partial charge in [0.25, 0.3) is 0 Å². The van der Waals surface area contributed by atoms with Crippen molar-refractivity contribution < 1.29 is 9.47 Å². The van der Waals surface area contributed by atoms with Crippen LogP contribution >= 0.6 is 12.2 Å². The molecule has 0 unspecified atom stereocenters. The molecule has 3 nitrogen and oxygen atoms in total. The Bertz CT molecular complexity index is 730. The number of isothiocyanates is 1. The van der Waals surface area contributed by atoms with Gasteiger partial charge in [-0.05, 0) is 42.3 Å². The summed E-state index contributed by atoms with van der Waals surface area (Å²) in [6.07, 6.45) is 3.21. The highest BCUT2D eigenvalue weighted by atomic mass is 32.1. The summed E-state index contributed by atoms with van der Waals surface area (Å²) in [5.41, 5.74) is 4.31. The summed E-state index contributed by atoms with van der Waals surface area (Å²) in [7, 11) is 0. The van der Waals surface area contributed by atoms with Gasteiger partial charge in [0.1, 0.15) is 0 Å². The van der Waals surface area contributed by atoms with Crippen LogP contribution in [0, 0.1) is 0 Å². The molecule has 1 fully saturated rings. The van der Waals surface area contributed by atoms with E-state index in [0.717, 1.165) is 17.7 Å². The lowest BCUT2D eigenvalue weighted by atomic mass is 9.97. The van der Waals surface area contributed by atoms with Crippen molar-refractivity contribution in [1.82, 2.24) is 0 Å². The van der Waals surface area contributed by atoms with Crippen LogP contribution in [0.1, 0.15) is 48.7 Å². The maximum absolute atomic E-state index is 5.97. The fourth-order valence-corrected chi connectivity index (χ4v) is 3.15. The van der Waals surface area contributed by atoms with Gasteiger partial charge in [0.15, 0.2) is 6.29 Å². The smallest absolute Gasteiger partial charge is 0.185 e. The van der Waals surface area contributed by atoms with Crippen LogP contribution in [0.3, 0.4) is 0 Å². The number of rotatable bonds is 6. The van der Waals surface area contributed by atoms with Crippen LogP contribution < -0.4 is 0 Å². The van der Waals surface area contributed by atoms with Crippen LogP contribution in [-0.4, -0.2) is 18.4 Å². The molecule has 130 valence electrons. The van der Waals surface area contributed by atoms with Crippen molar-refractivity contribution in [3.05, 3.63) is 65.2 Å². The van der Waals surface area contributed by atoms with Crippen molar-refractivity contribution in [3.8, 4) is 0 Å². The van der Waals surface area contributed by atoms with Gasteiger partial charge in [0, 0.05) is 11.5 Å². The van der Waals surface area contributed by atoms with E-state index in [1.807, 2.05) is 24.3 Å². The predicted molar refractivity (Wildman–Crippen MR) is 104 cm³/mol. The lowest BCUT2D eigenvalue weighted by Gasteiger charge is -2.30. The van der Waals surface area contributed by atoms with Crippen molar-refractivity contribution in [3.63, 3.8) is 0 Å². The molecule has 1 heterocycles. The quantitative estimate of drug-likeness (QED) is 0.501. The molecular weight excluding hydrogens is 330 g/mol. The largest absolute Gasteiger partial charge is 0.348 e. The molecule has 1 saturated heterocycles. The summed E-state index contributed by atoms with van der Waals surface area (Å²) in [5.74, 6) is 0.262. The van der Waals surface area contributed by atoms with E-state index >= 15 is 0 Å². The second kappa shape index (κ2) is 9.02. The minimum Gasteiger partial charge on any atom is -0.348 e. The Morgan fingerprint density at radius 3 is 2.48 bits per heavy atom. The van der Waals surface area contributed by atoms with Crippen LogP contribution in [0.2, 0.25) is 0 Å². The standard InChI is InChI=1S/C21H23NO2S/c1-2-3-6-16-9-11-17(12-10-16)18-13-23-21(24-14-18)19-7-4-5-8-20(19)22-15-25/h4-5,7-12,18,21H,2-3,6,13-14H2,1H3/t18-,21-. The average Bonchev–Trinajstić information content (AvgIpc) is 2.68. The van der Waals surface area contributed by atoms with E-state index in [4.69, 9.17) is 21.7 Å². The number of nitrogens with zero attached hydrogens (tertiary/aromatic N) is 1. The van der Waals surface area contributed by atoms with Crippen molar-refractivity contribution in [2.24, 2.45) is 4.99 Å². The maximum Gasteiger partial charge on any atom is 0.185 e. The lowest BCUT2D eigenvalue weighted by Crippen LogP contribution is -2.25. The van der Waals surface area contributed by atoms with Crippen molar-refractivity contribution in [2.45, 2.75) is 38.4 Å². The first-order valence-electron chi connectivity index (χ1n) is 8.80. The Hall–Kier alpha value is -1.84. The van der Waals surface area contributed by atoms with Crippen LogP contribution in [-0.2, 0) is 15.9 Å². The van der Waals surface area contributed by atoms with Gasteiger partial charge in [-0.25, -0.2) is 0 Å². The highest BCUT2D eigenvalue weighted by Crippen LogP contribution is 2.34. The zero-order valence-electron chi connectivity index (χ0n) is 14.5. The Labute approximate surface area is 154 Å². The van der Waals surface area contributed by atoms with E-state index in [2.05, 4.69) is 41.3 Å². The summed E-state index contributed by atoms with van der Waals surface area (Å²) in [4.78, 5) is 4.10. The molecule has 0 atom stereocenters. The molecule has 25 heavy (non-hydrogen) atoms. The molecular formula is C21H23NO2S. The molecule has 0 saturated carbocycles. The number of benzene rings is 2. The van der Waals surface area contributed by atoms with E-state index in [1.54, 1.807) is 0 Å². The van der Waals surface area contributed by atoms with Crippen LogP contribution in [0.25, 0.3) is 0 Å². The van der Waals surface area contributed by atoms with Gasteiger partial charge < -0.3 is 9.47 Å². The molecule has 0 radical (unpaired) electrons. The summed E-state index contributed by atoms with van der Waals surface area (Å²) in [6, 6.07) is 16.6. The van der Waals surface area contributed by atoms with Crippen LogP contribution in [0.5, 0.6) is 0 Å². The molecule has 0 spiro atoms. The molecule has 4 heteroatoms. The van der Waals surface area contributed by atoms with Crippen LogP contribution in [0.4, 0.5) is 5.69 Å². The number of aryl methyl sites for hydroxylation is 1. The topological polar surface area (TPSA) is 30.8 Å². The average molecular weight is 353 g/mol. The molecule has 0 aromatic heterocycles. The first-order chi connectivity index (χ1) is 12.3. The first-order valence-corrected chi connectivity index (χ1v) is 9.21. The van der Waals surface area contributed by atoms with Gasteiger partial charge >= 0.3 is 0 Å². The minimum atomic E-state index is -0.400. The number of thiocarbonyl (C=S) groups is 1. The fraction of sp³-hybridized carbons (Fsp3) is 0.381. The first kappa shape index (κ1) is 18.0. The van der Waals surface area contributed by atoms with Crippen molar-refractivity contribution >= 4 is 23.1 Å². The van der Waals surface area contributed by atoms with Gasteiger partial charge in [-0.1, -0.05) is 55.8 Å². The summed E-state index contributed by atoms with van der Waals surface area (Å²) in [6.45, 7) is 3.49. The summed E-state index contributed by atoms with van der Waals surface area (Å²) < 4.78 is 11.9. The highest BCUT2D eigenvalue weighted by molar-refractivity contribution is 7.78. The number of unbranched alkanes of at least 4 members (excludes halogenated alkanes) is 1. The second-order valence-electron chi connectivity index (χ2n) is 6.30. The normalized spacial score (nSPS) is 20.0. The van der Waals surface area contributed by atoms with E-state index in [9.17, 15) is 0 Å². The molecule has 1 aliphatic rings. The van der Waals surface area contributed by atoms with Gasteiger partial charge in [-0.2, -0.15) is 4.99 Å². The molecule has 1 aliphatic heterocycles. The minimum absolute atomic E-state index is 0.262. The van der Waals surface area contributed by atoms with Crippen LogP contribution in [0.15, 0.2) is 53.5 Å². The number of hydrogen-bond acceptors (Lipinski definition) is 4. The third-order valence-electron chi connectivity index (χ3n) is 4.52. The SMILES string of the molecule is CCCCc1ccc([C@H]2CO[C@H](c3ccccc3N=C=S)OC2)cc1. The fourth-order valence-electron chi connectivity index (χ4n) is 3.05. The summed E-state index contributed by atoms with van der Waals surface area (Å²) >= 11 is 4.72. The number of aliphatic imine (C=N–C) groups is 1.